The van der Waals surface area contributed by atoms with E-state index in [9.17, 15) is 0 Å². The molecule has 1 aromatic heterocycles. The van der Waals surface area contributed by atoms with Crippen molar-refractivity contribution in [3.63, 3.8) is 0 Å². The first kappa shape index (κ1) is 15.4. The zero-order chi connectivity index (χ0) is 15.0. The number of amidine groups is 1. The minimum atomic E-state index is 0.265. The third-order valence-corrected chi connectivity index (χ3v) is 6.95. The maximum absolute atomic E-state index is 4.97. The molecular formula is C17H26N2S2. The average Bonchev–Trinajstić information content (AvgIpc) is 2.93. The maximum Gasteiger partial charge on any atom is 0.157 e. The number of hydrogen-bond donors (Lipinski definition) is 1. The second-order valence-corrected chi connectivity index (χ2v) is 9.30. The normalized spacial score (nSPS) is 32.6. The van der Waals surface area contributed by atoms with Crippen LogP contribution in [-0.4, -0.2) is 16.5 Å². The first-order valence-electron chi connectivity index (χ1n) is 8.03. The molecule has 1 saturated carbocycles. The van der Waals surface area contributed by atoms with Gasteiger partial charge in [-0.1, -0.05) is 31.5 Å². The molecule has 3 atom stereocenters. The predicted molar refractivity (Wildman–Crippen MR) is 95.6 cm³/mol. The van der Waals surface area contributed by atoms with Crippen LogP contribution in [0.3, 0.4) is 0 Å². The minimum absolute atomic E-state index is 0.265. The molecule has 1 saturated heterocycles. The molecule has 2 aliphatic rings. The van der Waals surface area contributed by atoms with Gasteiger partial charge in [0.1, 0.15) is 0 Å². The molecule has 1 spiro atoms. The molecule has 1 N–H and O–H groups in total. The van der Waals surface area contributed by atoms with Crippen molar-refractivity contribution in [2.75, 3.05) is 5.75 Å². The molecular weight excluding hydrogens is 296 g/mol. The molecule has 1 aromatic rings. The Labute approximate surface area is 136 Å². The summed E-state index contributed by atoms with van der Waals surface area (Å²) in [4.78, 5) is 7.77. The predicted octanol–water partition coefficient (Wildman–Crippen LogP) is 5.07. The highest BCUT2D eigenvalue weighted by molar-refractivity contribution is 8.14. The van der Waals surface area contributed by atoms with Crippen molar-refractivity contribution < 1.29 is 0 Å². The molecule has 3 rings (SSSR count). The van der Waals surface area contributed by atoms with E-state index < -0.39 is 0 Å². The Morgan fingerprint density at radius 1 is 1.43 bits per heavy atom. The van der Waals surface area contributed by atoms with E-state index in [0.29, 0.717) is 5.54 Å². The number of thiophene rings is 1. The average molecular weight is 323 g/mol. The summed E-state index contributed by atoms with van der Waals surface area (Å²) in [7, 11) is 0. The van der Waals surface area contributed by atoms with Gasteiger partial charge in [-0.05, 0) is 51.2 Å². The fraction of sp³-hybridized carbons (Fsp3) is 0.706. The van der Waals surface area contributed by atoms with Gasteiger partial charge in [-0.15, -0.1) is 11.3 Å². The highest BCUT2D eigenvalue weighted by atomic mass is 32.2. The lowest BCUT2D eigenvalue weighted by Gasteiger charge is -2.36. The van der Waals surface area contributed by atoms with Crippen LogP contribution in [0.4, 0.5) is 0 Å². The standard InChI is InChI=1S/C17H26N2S2/c1-11-6-5-7-17(9-11)10-20-16(19-17)18-13(3)15-8-12(2)21-14(15)4/h8,11,13H,5-7,9-10H2,1-4H3,(H,18,19). The summed E-state index contributed by atoms with van der Waals surface area (Å²) in [5.41, 5.74) is 1.73. The highest BCUT2D eigenvalue weighted by Gasteiger charge is 2.40. The van der Waals surface area contributed by atoms with Gasteiger partial charge < -0.3 is 5.32 Å². The molecule has 1 aliphatic heterocycles. The molecule has 21 heavy (non-hydrogen) atoms. The van der Waals surface area contributed by atoms with E-state index in [1.165, 1.54) is 51.9 Å². The smallest absolute Gasteiger partial charge is 0.157 e. The molecule has 3 unspecified atom stereocenters. The van der Waals surface area contributed by atoms with Crippen molar-refractivity contribution >= 4 is 28.3 Å². The van der Waals surface area contributed by atoms with Crippen molar-refractivity contribution in [2.45, 2.75) is 65.0 Å². The van der Waals surface area contributed by atoms with E-state index in [0.717, 1.165) is 5.92 Å². The van der Waals surface area contributed by atoms with Crippen LogP contribution in [-0.2, 0) is 0 Å². The highest BCUT2D eigenvalue weighted by Crippen LogP contribution is 2.39. The number of thioether (sulfide) groups is 1. The topological polar surface area (TPSA) is 24.4 Å². The van der Waals surface area contributed by atoms with Gasteiger partial charge >= 0.3 is 0 Å². The molecule has 1 aliphatic carbocycles. The number of nitrogens with zero attached hydrogens (tertiary/aromatic N) is 1. The van der Waals surface area contributed by atoms with Crippen LogP contribution in [0.15, 0.2) is 11.1 Å². The molecule has 2 nitrogen and oxygen atoms in total. The minimum Gasteiger partial charge on any atom is -0.359 e. The van der Waals surface area contributed by atoms with Gasteiger partial charge in [0, 0.05) is 21.0 Å². The summed E-state index contributed by atoms with van der Waals surface area (Å²) in [5, 5.41) is 4.95. The molecule has 0 radical (unpaired) electrons. The fourth-order valence-corrected chi connectivity index (χ4v) is 6.08. The van der Waals surface area contributed by atoms with Crippen LogP contribution in [0.5, 0.6) is 0 Å². The Bertz CT molecular complexity index is 549. The van der Waals surface area contributed by atoms with E-state index >= 15 is 0 Å². The summed E-state index contributed by atoms with van der Waals surface area (Å²) in [6.45, 7) is 9.01. The molecule has 2 fully saturated rings. The Hall–Kier alpha value is -0.480. The summed E-state index contributed by atoms with van der Waals surface area (Å²) >= 11 is 3.81. The number of aliphatic imine (C=N–C) groups is 1. The number of hydrogen-bond acceptors (Lipinski definition) is 3. The van der Waals surface area contributed by atoms with Gasteiger partial charge in [-0.25, -0.2) is 0 Å². The maximum atomic E-state index is 4.97. The van der Waals surface area contributed by atoms with E-state index in [1.54, 1.807) is 0 Å². The Kier molecular flexibility index (Phi) is 4.37. The van der Waals surface area contributed by atoms with Crippen molar-refractivity contribution in [1.29, 1.82) is 0 Å². The molecule has 0 amide bonds. The van der Waals surface area contributed by atoms with Crippen molar-refractivity contribution in [3.8, 4) is 0 Å². The zero-order valence-corrected chi connectivity index (χ0v) is 15.2. The third kappa shape index (κ3) is 3.31. The number of rotatable bonds is 2. The van der Waals surface area contributed by atoms with Gasteiger partial charge in [0.2, 0.25) is 0 Å². The summed E-state index contributed by atoms with van der Waals surface area (Å²) in [6, 6.07) is 2.56. The van der Waals surface area contributed by atoms with Gasteiger partial charge in [0.05, 0.1) is 6.04 Å². The van der Waals surface area contributed by atoms with E-state index in [4.69, 9.17) is 4.99 Å². The summed E-state index contributed by atoms with van der Waals surface area (Å²) in [5.74, 6) is 2.05. The van der Waals surface area contributed by atoms with E-state index in [2.05, 4.69) is 39.1 Å². The Morgan fingerprint density at radius 2 is 2.24 bits per heavy atom. The largest absolute Gasteiger partial charge is 0.359 e. The first-order valence-corrected chi connectivity index (χ1v) is 9.83. The molecule has 116 valence electrons. The third-order valence-electron chi connectivity index (χ3n) is 4.79. The second-order valence-electron chi connectivity index (χ2n) is 6.87. The van der Waals surface area contributed by atoms with Crippen molar-refractivity contribution in [2.24, 2.45) is 10.9 Å². The fourth-order valence-electron chi connectivity index (χ4n) is 3.79. The number of aryl methyl sites for hydroxylation is 2. The Balaban J connectivity index is 1.72. The van der Waals surface area contributed by atoms with Gasteiger partial charge in [0.15, 0.2) is 5.17 Å². The summed E-state index contributed by atoms with van der Waals surface area (Å²) < 4.78 is 0. The van der Waals surface area contributed by atoms with E-state index in [1.807, 2.05) is 23.1 Å². The zero-order valence-electron chi connectivity index (χ0n) is 13.5. The van der Waals surface area contributed by atoms with Crippen LogP contribution in [0.2, 0.25) is 0 Å². The van der Waals surface area contributed by atoms with Gasteiger partial charge in [-0.3, -0.25) is 4.99 Å². The first-order chi connectivity index (χ1) is 9.97. The van der Waals surface area contributed by atoms with Gasteiger partial charge in [0.25, 0.3) is 0 Å². The SMILES string of the molecule is Cc1cc(C(C)N=C2NC3(CCCC(C)C3)CS2)c(C)s1. The molecule has 0 aromatic carbocycles. The lowest BCUT2D eigenvalue weighted by atomic mass is 9.78. The molecule has 4 heteroatoms. The molecule has 2 heterocycles. The quantitative estimate of drug-likeness (QED) is 0.822. The Morgan fingerprint density at radius 3 is 2.90 bits per heavy atom. The second kappa shape index (κ2) is 5.96. The summed E-state index contributed by atoms with van der Waals surface area (Å²) in [6.07, 6.45) is 5.38. The lowest BCUT2D eigenvalue weighted by molar-refractivity contribution is 0.242. The van der Waals surface area contributed by atoms with Crippen molar-refractivity contribution in [3.05, 3.63) is 21.4 Å². The number of nitrogens with one attached hydrogen (secondary N) is 1. The monoisotopic (exact) mass is 322 g/mol. The van der Waals surface area contributed by atoms with Crippen LogP contribution < -0.4 is 5.32 Å². The molecule has 0 bridgehead atoms. The van der Waals surface area contributed by atoms with Crippen LogP contribution in [0.25, 0.3) is 0 Å². The van der Waals surface area contributed by atoms with Crippen LogP contribution in [0, 0.1) is 19.8 Å². The lowest BCUT2D eigenvalue weighted by Crippen LogP contribution is -2.47. The van der Waals surface area contributed by atoms with Gasteiger partial charge in [-0.2, -0.15) is 0 Å². The van der Waals surface area contributed by atoms with E-state index in [-0.39, 0.29) is 6.04 Å². The van der Waals surface area contributed by atoms with Crippen LogP contribution in [0.1, 0.15) is 60.9 Å². The van der Waals surface area contributed by atoms with Crippen LogP contribution >= 0.6 is 23.1 Å². The van der Waals surface area contributed by atoms with Crippen molar-refractivity contribution in [1.82, 2.24) is 5.32 Å².